The molecule has 4 heteroatoms. The highest BCUT2D eigenvalue weighted by atomic mass is 16.5. The summed E-state index contributed by atoms with van der Waals surface area (Å²) in [5.41, 5.74) is 2.71. The summed E-state index contributed by atoms with van der Waals surface area (Å²) in [4.78, 5) is 16.6. The number of aromatic nitrogens is 1. The van der Waals surface area contributed by atoms with Crippen molar-refractivity contribution >= 4 is 22.5 Å². The Balaban J connectivity index is 1.68. The number of hydrogen-bond acceptors (Lipinski definition) is 3. The standard InChI is InChI=1S/C19H18N2O2/c1-13-7-9-17(10-8-13)23-14(2)19(22)21-16-11-15-5-3-4-6-18(15)20-12-16/h3-12,14H,1-2H3,(H,21,22). The van der Waals surface area contributed by atoms with E-state index in [4.69, 9.17) is 4.74 Å². The number of benzene rings is 2. The number of para-hydroxylation sites is 1. The Hall–Kier alpha value is -2.88. The van der Waals surface area contributed by atoms with Crippen molar-refractivity contribution in [1.82, 2.24) is 4.98 Å². The minimum absolute atomic E-state index is 0.206. The fourth-order valence-electron chi connectivity index (χ4n) is 2.26. The summed E-state index contributed by atoms with van der Waals surface area (Å²) in [5.74, 6) is 0.470. The van der Waals surface area contributed by atoms with Gasteiger partial charge in [-0.25, -0.2) is 0 Å². The quantitative estimate of drug-likeness (QED) is 0.794. The van der Waals surface area contributed by atoms with E-state index in [1.807, 2.05) is 61.5 Å². The van der Waals surface area contributed by atoms with Gasteiger partial charge in [0.25, 0.3) is 5.91 Å². The highest BCUT2D eigenvalue weighted by molar-refractivity contribution is 5.95. The number of aryl methyl sites for hydroxylation is 1. The van der Waals surface area contributed by atoms with E-state index in [2.05, 4.69) is 10.3 Å². The molecule has 0 aliphatic carbocycles. The molecular weight excluding hydrogens is 288 g/mol. The van der Waals surface area contributed by atoms with Crippen molar-refractivity contribution in [2.75, 3.05) is 5.32 Å². The topological polar surface area (TPSA) is 51.2 Å². The highest BCUT2D eigenvalue weighted by Gasteiger charge is 2.15. The molecule has 1 aromatic heterocycles. The number of ether oxygens (including phenoxy) is 1. The van der Waals surface area contributed by atoms with Crippen LogP contribution in [0.5, 0.6) is 5.75 Å². The lowest BCUT2D eigenvalue weighted by atomic mass is 10.2. The largest absolute Gasteiger partial charge is 0.481 e. The Morgan fingerprint density at radius 3 is 2.65 bits per heavy atom. The second-order valence-corrected chi connectivity index (χ2v) is 5.48. The van der Waals surface area contributed by atoms with Gasteiger partial charge < -0.3 is 10.1 Å². The molecule has 3 aromatic rings. The van der Waals surface area contributed by atoms with Gasteiger partial charge in [-0.1, -0.05) is 35.9 Å². The van der Waals surface area contributed by atoms with Gasteiger partial charge in [-0.05, 0) is 38.1 Å². The third-order valence-electron chi connectivity index (χ3n) is 3.56. The smallest absolute Gasteiger partial charge is 0.265 e. The van der Waals surface area contributed by atoms with Crippen LogP contribution in [0.25, 0.3) is 10.9 Å². The minimum atomic E-state index is -0.593. The number of pyridine rings is 1. The van der Waals surface area contributed by atoms with Gasteiger partial charge in [0, 0.05) is 5.39 Å². The van der Waals surface area contributed by atoms with E-state index in [9.17, 15) is 4.79 Å². The van der Waals surface area contributed by atoms with Crippen LogP contribution in [0.2, 0.25) is 0 Å². The number of rotatable bonds is 4. The molecule has 0 aliphatic heterocycles. The molecule has 0 spiro atoms. The summed E-state index contributed by atoms with van der Waals surface area (Å²) < 4.78 is 5.66. The van der Waals surface area contributed by atoms with E-state index in [1.54, 1.807) is 13.1 Å². The van der Waals surface area contributed by atoms with E-state index in [0.717, 1.165) is 16.5 Å². The van der Waals surface area contributed by atoms with Gasteiger partial charge >= 0.3 is 0 Å². The Kier molecular flexibility index (Phi) is 4.24. The average Bonchev–Trinajstić information content (AvgIpc) is 2.56. The van der Waals surface area contributed by atoms with Crippen LogP contribution in [0.4, 0.5) is 5.69 Å². The van der Waals surface area contributed by atoms with Crippen molar-refractivity contribution in [3.8, 4) is 5.75 Å². The Bertz CT molecular complexity index is 828. The van der Waals surface area contributed by atoms with Gasteiger partial charge in [0.2, 0.25) is 0 Å². The molecule has 116 valence electrons. The maximum absolute atomic E-state index is 12.3. The summed E-state index contributed by atoms with van der Waals surface area (Å²) in [6.45, 7) is 3.73. The van der Waals surface area contributed by atoms with Crippen molar-refractivity contribution in [2.24, 2.45) is 0 Å². The van der Waals surface area contributed by atoms with Crippen LogP contribution in [0.15, 0.2) is 60.8 Å². The molecular formula is C19H18N2O2. The maximum Gasteiger partial charge on any atom is 0.265 e. The van der Waals surface area contributed by atoms with Crippen LogP contribution in [0.1, 0.15) is 12.5 Å². The average molecular weight is 306 g/mol. The third kappa shape index (κ3) is 3.66. The van der Waals surface area contributed by atoms with Crippen molar-refractivity contribution in [1.29, 1.82) is 0 Å². The zero-order valence-corrected chi connectivity index (χ0v) is 13.1. The number of anilines is 1. The summed E-state index contributed by atoms with van der Waals surface area (Å²) >= 11 is 0. The monoisotopic (exact) mass is 306 g/mol. The molecule has 23 heavy (non-hydrogen) atoms. The predicted octanol–water partition coefficient (Wildman–Crippen LogP) is 3.95. The van der Waals surface area contributed by atoms with Crippen molar-refractivity contribution in [3.05, 3.63) is 66.4 Å². The van der Waals surface area contributed by atoms with Crippen LogP contribution in [0, 0.1) is 6.92 Å². The molecule has 0 saturated carbocycles. The van der Waals surface area contributed by atoms with E-state index >= 15 is 0 Å². The molecule has 1 N–H and O–H groups in total. The molecule has 0 bridgehead atoms. The first kappa shape index (κ1) is 15.0. The highest BCUT2D eigenvalue weighted by Crippen LogP contribution is 2.17. The van der Waals surface area contributed by atoms with Gasteiger partial charge in [-0.15, -0.1) is 0 Å². The third-order valence-corrected chi connectivity index (χ3v) is 3.56. The number of carbonyl (C=O) groups excluding carboxylic acids is 1. The van der Waals surface area contributed by atoms with E-state index in [-0.39, 0.29) is 5.91 Å². The van der Waals surface area contributed by atoms with Crippen LogP contribution >= 0.6 is 0 Å². The van der Waals surface area contributed by atoms with Gasteiger partial charge in [0.05, 0.1) is 17.4 Å². The minimum Gasteiger partial charge on any atom is -0.481 e. The first-order chi connectivity index (χ1) is 11.1. The van der Waals surface area contributed by atoms with E-state index in [0.29, 0.717) is 11.4 Å². The molecule has 0 radical (unpaired) electrons. The van der Waals surface area contributed by atoms with Gasteiger partial charge in [-0.3, -0.25) is 9.78 Å². The van der Waals surface area contributed by atoms with Crippen molar-refractivity contribution in [3.63, 3.8) is 0 Å². The number of carbonyl (C=O) groups is 1. The van der Waals surface area contributed by atoms with Crippen LogP contribution in [-0.4, -0.2) is 17.0 Å². The molecule has 1 unspecified atom stereocenters. The Morgan fingerprint density at radius 1 is 1.13 bits per heavy atom. The molecule has 0 saturated heterocycles. The molecule has 0 aliphatic rings. The zero-order chi connectivity index (χ0) is 16.2. The first-order valence-corrected chi connectivity index (χ1v) is 7.51. The number of hydrogen-bond donors (Lipinski definition) is 1. The fraction of sp³-hybridized carbons (Fsp3) is 0.158. The lowest BCUT2D eigenvalue weighted by Gasteiger charge is -2.15. The molecule has 4 nitrogen and oxygen atoms in total. The summed E-state index contributed by atoms with van der Waals surface area (Å²) in [7, 11) is 0. The Morgan fingerprint density at radius 2 is 1.87 bits per heavy atom. The van der Waals surface area contributed by atoms with Crippen LogP contribution in [-0.2, 0) is 4.79 Å². The molecule has 3 rings (SSSR count). The zero-order valence-electron chi connectivity index (χ0n) is 13.1. The van der Waals surface area contributed by atoms with Crippen molar-refractivity contribution < 1.29 is 9.53 Å². The molecule has 1 heterocycles. The molecule has 0 fully saturated rings. The van der Waals surface area contributed by atoms with E-state index in [1.165, 1.54) is 0 Å². The Labute approximate surface area is 135 Å². The normalized spacial score (nSPS) is 11.9. The number of fused-ring (bicyclic) bond motifs is 1. The second-order valence-electron chi connectivity index (χ2n) is 5.48. The van der Waals surface area contributed by atoms with Crippen LogP contribution in [0.3, 0.4) is 0 Å². The predicted molar refractivity (Wildman–Crippen MR) is 91.6 cm³/mol. The van der Waals surface area contributed by atoms with Gasteiger partial charge in [0.15, 0.2) is 6.10 Å². The lowest BCUT2D eigenvalue weighted by Crippen LogP contribution is -2.30. The van der Waals surface area contributed by atoms with E-state index < -0.39 is 6.10 Å². The molecule has 1 amide bonds. The van der Waals surface area contributed by atoms with Crippen molar-refractivity contribution in [2.45, 2.75) is 20.0 Å². The van der Waals surface area contributed by atoms with Gasteiger partial charge in [-0.2, -0.15) is 0 Å². The number of nitrogens with zero attached hydrogens (tertiary/aromatic N) is 1. The molecule has 2 aromatic carbocycles. The van der Waals surface area contributed by atoms with Gasteiger partial charge in [0.1, 0.15) is 5.75 Å². The SMILES string of the molecule is Cc1ccc(OC(C)C(=O)Nc2cnc3ccccc3c2)cc1. The maximum atomic E-state index is 12.3. The summed E-state index contributed by atoms with van der Waals surface area (Å²) in [5, 5.41) is 3.82. The second kappa shape index (κ2) is 6.48. The number of amides is 1. The molecule has 1 atom stereocenters. The number of nitrogens with one attached hydrogen (secondary N) is 1. The first-order valence-electron chi connectivity index (χ1n) is 7.51. The lowest BCUT2D eigenvalue weighted by molar-refractivity contribution is -0.122. The summed E-state index contributed by atoms with van der Waals surface area (Å²) in [6.07, 6.45) is 1.06. The summed E-state index contributed by atoms with van der Waals surface area (Å²) in [6, 6.07) is 17.3. The van der Waals surface area contributed by atoms with Crippen LogP contribution < -0.4 is 10.1 Å². The fourth-order valence-corrected chi connectivity index (χ4v) is 2.26.